The first-order valence-corrected chi connectivity index (χ1v) is 8.20. The molecule has 0 spiro atoms. The van der Waals surface area contributed by atoms with Crippen molar-refractivity contribution in [2.75, 3.05) is 12.9 Å². The average molecular weight is 293 g/mol. The summed E-state index contributed by atoms with van der Waals surface area (Å²) < 4.78 is 27.2. The summed E-state index contributed by atoms with van der Waals surface area (Å²) in [6, 6.07) is 0. The Morgan fingerprint density at radius 3 is 2.05 bits per heavy atom. The van der Waals surface area contributed by atoms with Crippen LogP contribution in [0.5, 0.6) is 0 Å². The third-order valence-electron chi connectivity index (χ3n) is 3.85. The largest absolute Gasteiger partial charge is 0.350 e. The minimum Gasteiger partial charge on any atom is -0.350 e. The Hall–Kier alpha value is -0.620. The molecule has 0 aromatic heterocycles. The second-order valence-electron chi connectivity index (χ2n) is 5.78. The highest BCUT2D eigenvalue weighted by molar-refractivity contribution is 7.86. The van der Waals surface area contributed by atoms with E-state index in [4.69, 9.17) is 0 Å². The van der Waals surface area contributed by atoms with Crippen molar-refractivity contribution < 1.29 is 17.4 Å². The molecule has 0 rings (SSSR count). The van der Waals surface area contributed by atoms with Crippen molar-refractivity contribution in [2.24, 2.45) is 5.41 Å². The Morgan fingerprint density at radius 2 is 1.68 bits per heavy atom. The van der Waals surface area contributed by atoms with Crippen LogP contribution in [0.1, 0.15) is 53.9 Å². The molecule has 1 N–H and O–H groups in total. The zero-order chi connectivity index (χ0) is 15.3. The zero-order valence-corrected chi connectivity index (χ0v) is 13.7. The third kappa shape index (κ3) is 5.91. The summed E-state index contributed by atoms with van der Waals surface area (Å²) in [5, 5.41) is 2.97. The van der Waals surface area contributed by atoms with Crippen LogP contribution in [-0.4, -0.2) is 32.7 Å². The number of carbonyl (C=O) groups excluding carboxylic acids is 1. The van der Waals surface area contributed by atoms with Crippen molar-refractivity contribution in [1.82, 2.24) is 5.32 Å². The van der Waals surface area contributed by atoms with Crippen LogP contribution in [0.25, 0.3) is 0 Å². The van der Waals surface area contributed by atoms with E-state index in [0.29, 0.717) is 12.8 Å². The van der Waals surface area contributed by atoms with Gasteiger partial charge < -0.3 is 5.32 Å². The summed E-state index contributed by atoms with van der Waals surface area (Å²) >= 11 is 0. The molecule has 0 bridgehead atoms. The predicted octanol–water partition coefficient (Wildman–Crippen LogP) is 2.07. The van der Waals surface area contributed by atoms with Gasteiger partial charge in [0.25, 0.3) is 10.1 Å². The van der Waals surface area contributed by atoms with E-state index in [1.165, 1.54) is 0 Å². The maximum atomic E-state index is 12.2. The van der Waals surface area contributed by atoms with Crippen LogP contribution in [0.4, 0.5) is 0 Å². The molecular weight excluding hydrogens is 266 g/mol. The first-order chi connectivity index (χ1) is 8.52. The summed E-state index contributed by atoms with van der Waals surface area (Å²) in [4.78, 5) is 12.2. The molecule has 0 aliphatic carbocycles. The maximum absolute atomic E-state index is 12.2. The lowest BCUT2D eigenvalue weighted by Crippen LogP contribution is -2.51. The van der Waals surface area contributed by atoms with Crippen LogP contribution in [0.2, 0.25) is 0 Å². The van der Waals surface area contributed by atoms with Crippen LogP contribution < -0.4 is 5.32 Å². The number of hydrogen-bond donors (Lipinski definition) is 1. The number of rotatable bonds is 8. The molecule has 0 aliphatic rings. The Morgan fingerprint density at radius 1 is 1.16 bits per heavy atom. The highest BCUT2D eigenvalue weighted by Gasteiger charge is 2.32. The Balaban J connectivity index is 4.76. The van der Waals surface area contributed by atoms with Gasteiger partial charge in [0.1, 0.15) is 0 Å². The van der Waals surface area contributed by atoms with E-state index in [0.717, 1.165) is 13.5 Å². The number of nitrogens with one attached hydrogen (secondary N) is 1. The number of carbonyl (C=O) groups is 1. The lowest BCUT2D eigenvalue weighted by Gasteiger charge is -2.33. The molecule has 0 fully saturated rings. The van der Waals surface area contributed by atoms with Crippen molar-refractivity contribution >= 4 is 16.0 Å². The average Bonchev–Trinajstić information content (AvgIpc) is 2.36. The van der Waals surface area contributed by atoms with Gasteiger partial charge >= 0.3 is 0 Å². The van der Waals surface area contributed by atoms with Crippen molar-refractivity contribution in [3.63, 3.8) is 0 Å². The molecule has 0 saturated heterocycles. The van der Waals surface area contributed by atoms with Gasteiger partial charge in [-0.2, -0.15) is 8.42 Å². The molecule has 0 heterocycles. The smallest absolute Gasteiger partial charge is 0.267 e. The molecular formula is C13H27NO4S. The standard InChI is InChI=1S/C13H27NO4S/c1-7-12(3,4)11(15)14-13(5,8-2)9-10-19(16,17)18-6/h7-10H2,1-6H3,(H,14,15). The van der Waals surface area contributed by atoms with Crippen LogP contribution >= 0.6 is 0 Å². The SMILES string of the molecule is CCC(C)(CCS(=O)(=O)OC)NC(=O)C(C)(C)CC. The summed E-state index contributed by atoms with van der Waals surface area (Å²) in [6.07, 6.45) is 1.73. The molecule has 1 atom stereocenters. The van der Waals surface area contributed by atoms with Gasteiger partial charge in [0.2, 0.25) is 5.91 Å². The molecule has 1 amide bonds. The molecule has 114 valence electrons. The minimum absolute atomic E-state index is 0.0471. The topological polar surface area (TPSA) is 72.5 Å². The fourth-order valence-electron chi connectivity index (χ4n) is 1.37. The maximum Gasteiger partial charge on any atom is 0.267 e. The lowest BCUT2D eigenvalue weighted by atomic mass is 9.86. The van der Waals surface area contributed by atoms with Crippen LogP contribution in [-0.2, 0) is 19.1 Å². The van der Waals surface area contributed by atoms with E-state index in [1.807, 2.05) is 34.6 Å². The summed E-state index contributed by atoms with van der Waals surface area (Å²) in [7, 11) is -2.34. The Bertz CT molecular complexity index is 403. The molecule has 0 aromatic carbocycles. The minimum atomic E-state index is -3.49. The fourth-order valence-corrected chi connectivity index (χ4v) is 2.23. The normalized spacial score (nSPS) is 15.9. The van der Waals surface area contributed by atoms with Gasteiger partial charge in [0, 0.05) is 11.0 Å². The van der Waals surface area contributed by atoms with E-state index in [2.05, 4.69) is 9.50 Å². The molecule has 1 unspecified atom stereocenters. The van der Waals surface area contributed by atoms with E-state index in [-0.39, 0.29) is 11.7 Å². The van der Waals surface area contributed by atoms with Gasteiger partial charge in [0.15, 0.2) is 0 Å². The molecule has 5 nitrogen and oxygen atoms in total. The highest BCUT2D eigenvalue weighted by Crippen LogP contribution is 2.23. The second kappa shape index (κ2) is 6.70. The lowest BCUT2D eigenvalue weighted by molar-refractivity contribution is -0.131. The van der Waals surface area contributed by atoms with Crippen molar-refractivity contribution in [1.29, 1.82) is 0 Å². The van der Waals surface area contributed by atoms with Crippen molar-refractivity contribution in [3.8, 4) is 0 Å². The van der Waals surface area contributed by atoms with Gasteiger partial charge in [0.05, 0.1) is 12.9 Å². The van der Waals surface area contributed by atoms with E-state index in [9.17, 15) is 13.2 Å². The van der Waals surface area contributed by atoms with Crippen LogP contribution in [0.15, 0.2) is 0 Å². The highest BCUT2D eigenvalue weighted by atomic mass is 32.2. The summed E-state index contributed by atoms with van der Waals surface area (Å²) in [5.41, 5.74) is -0.980. The molecule has 0 aliphatic heterocycles. The van der Waals surface area contributed by atoms with E-state index < -0.39 is 21.1 Å². The Kier molecular flexibility index (Phi) is 6.48. The van der Waals surface area contributed by atoms with Gasteiger partial charge in [-0.25, -0.2) is 0 Å². The third-order valence-corrected chi connectivity index (χ3v) is 5.06. The van der Waals surface area contributed by atoms with Gasteiger partial charge in [-0.3, -0.25) is 8.98 Å². The first kappa shape index (κ1) is 18.4. The first-order valence-electron chi connectivity index (χ1n) is 6.63. The molecule has 0 radical (unpaired) electrons. The molecule has 0 saturated carbocycles. The van der Waals surface area contributed by atoms with Crippen molar-refractivity contribution in [2.45, 2.75) is 59.4 Å². The molecule has 6 heteroatoms. The quantitative estimate of drug-likeness (QED) is 0.695. The summed E-state index contributed by atoms with van der Waals surface area (Å²) in [5.74, 6) is -0.144. The number of amides is 1. The second-order valence-corrected chi connectivity index (χ2v) is 7.64. The van der Waals surface area contributed by atoms with Gasteiger partial charge in [-0.05, 0) is 26.2 Å². The molecule has 0 aromatic rings. The van der Waals surface area contributed by atoms with E-state index in [1.54, 1.807) is 0 Å². The monoisotopic (exact) mass is 293 g/mol. The van der Waals surface area contributed by atoms with Gasteiger partial charge in [-0.1, -0.05) is 27.7 Å². The zero-order valence-electron chi connectivity index (χ0n) is 12.9. The van der Waals surface area contributed by atoms with Crippen LogP contribution in [0.3, 0.4) is 0 Å². The van der Waals surface area contributed by atoms with Gasteiger partial charge in [-0.15, -0.1) is 0 Å². The fraction of sp³-hybridized carbons (Fsp3) is 0.923. The van der Waals surface area contributed by atoms with Crippen molar-refractivity contribution in [3.05, 3.63) is 0 Å². The summed E-state index contributed by atoms with van der Waals surface area (Å²) in [6.45, 7) is 9.51. The van der Waals surface area contributed by atoms with Crippen LogP contribution in [0, 0.1) is 5.41 Å². The number of hydrogen-bond acceptors (Lipinski definition) is 4. The predicted molar refractivity (Wildman–Crippen MR) is 76.3 cm³/mol. The molecule has 19 heavy (non-hydrogen) atoms. The Labute approximate surface area is 117 Å². The van der Waals surface area contributed by atoms with E-state index >= 15 is 0 Å².